The second kappa shape index (κ2) is 5.87. The highest BCUT2D eigenvalue weighted by molar-refractivity contribution is 6.04. The first-order valence-electron chi connectivity index (χ1n) is 7.53. The molecule has 0 spiro atoms. The molecule has 23 heavy (non-hydrogen) atoms. The molecule has 1 aliphatic rings. The lowest BCUT2D eigenvalue weighted by atomic mass is 9.79. The number of pyridine rings is 1. The van der Waals surface area contributed by atoms with Gasteiger partial charge >= 0.3 is 5.97 Å². The summed E-state index contributed by atoms with van der Waals surface area (Å²) in [5, 5.41) is 12.8. The Bertz CT molecular complexity index is 797. The van der Waals surface area contributed by atoms with Crippen molar-refractivity contribution in [2.24, 2.45) is 0 Å². The molecule has 6 nitrogen and oxygen atoms in total. The second-order valence-corrected chi connectivity index (χ2v) is 5.76. The first-order chi connectivity index (χ1) is 11.0. The Morgan fingerprint density at radius 2 is 2.09 bits per heavy atom. The monoisotopic (exact) mass is 314 g/mol. The average Bonchev–Trinajstić information content (AvgIpc) is 2.45. The lowest BCUT2D eigenvalue weighted by Crippen LogP contribution is -2.15. The molecule has 1 heterocycles. The molecule has 2 N–H and O–H groups in total. The van der Waals surface area contributed by atoms with Crippen molar-refractivity contribution in [3.8, 4) is 5.88 Å². The number of fused-ring (bicyclic) bond motifs is 1. The number of rotatable bonds is 4. The van der Waals surface area contributed by atoms with Gasteiger partial charge in [0.25, 0.3) is 0 Å². The maximum absolute atomic E-state index is 11.6. The van der Waals surface area contributed by atoms with Crippen molar-refractivity contribution in [3.63, 3.8) is 0 Å². The molecular weight excluding hydrogens is 296 g/mol. The van der Waals surface area contributed by atoms with Gasteiger partial charge in [-0.2, -0.15) is 0 Å². The zero-order valence-electron chi connectivity index (χ0n) is 13.0. The molecule has 1 aliphatic carbocycles. The smallest absolute Gasteiger partial charge is 0.341 e. The summed E-state index contributed by atoms with van der Waals surface area (Å²) in [7, 11) is 1.38. The average molecular weight is 314 g/mol. The van der Waals surface area contributed by atoms with E-state index < -0.39 is 5.97 Å². The van der Waals surface area contributed by atoms with E-state index in [4.69, 9.17) is 4.74 Å². The largest absolute Gasteiger partial charge is 0.480 e. The highest BCUT2D eigenvalue weighted by Crippen LogP contribution is 2.42. The predicted molar refractivity (Wildman–Crippen MR) is 86.2 cm³/mol. The van der Waals surface area contributed by atoms with Crippen LogP contribution in [0.25, 0.3) is 10.9 Å². The first-order valence-corrected chi connectivity index (χ1v) is 7.53. The van der Waals surface area contributed by atoms with Gasteiger partial charge in [-0.25, -0.2) is 9.78 Å². The summed E-state index contributed by atoms with van der Waals surface area (Å²) >= 11 is 0. The zero-order valence-corrected chi connectivity index (χ0v) is 13.0. The molecule has 1 saturated carbocycles. The number of aromatic nitrogens is 1. The quantitative estimate of drug-likeness (QED) is 0.905. The van der Waals surface area contributed by atoms with E-state index in [1.54, 1.807) is 0 Å². The number of methoxy groups -OCH3 is 1. The second-order valence-electron chi connectivity index (χ2n) is 5.76. The van der Waals surface area contributed by atoms with Crippen LogP contribution in [0.5, 0.6) is 5.88 Å². The predicted octanol–water partition coefficient (Wildman–Crippen LogP) is 3.17. The molecule has 1 aromatic heterocycles. The van der Waals surface area contributed by atoms with Gasteiger partial charge in [0.2, 0.25) is 11.8 Å². The van der Waals surface area contributed by atoms with Gasteiger partial charge in [-0.15, -0.1) is 0 Å². The minimum atomic E-state index is -1.10. The van der Waals surface area contributed by atoms with Crippen LogP contribution in [-0.2, 0) is 4.79 Å². The number of hydrogen-bond donors (Lipinski definition) is 2. The molecule has 2 aromatic rings. The number of carbonyl (C=O) groups is 2. The van der Waals surface area contributed by atoms with Crippen LogP contribution in [0.3, 0.4) is 0 Å². The van der Waals surface area contributed by atoms with Gasteiger partial charge in [0, 0.05) is 12.3 Å². The highest BCUT2D eigenvalue weighted by Gasteiger charge is 2.25. The Kier molecular flexibility index (Phi) is 3.90. The summed E-state index contributed by atoms with van der Waals surface area (Å²) in [5.74, 6) is -0.822. The van der Waals surface area contributed by atoms with Gasteiger partial charge in [0.15, 0.2) is 0 Å². The Morgan fingerprint density at radius 3 is 2.61 bits per heavy atom. The number of nitrogens with one attached hydrogen (secondary N) is 1. The maximum Gasteiger partial charge on any atom is 0.341 e. The highest BCUT2D eigenvalue weighted by atomic mass is 16.5. The van der Waals surface area contributed by atoms with Crippen LogP contribution < -0.4 is 10.1 Å². The van der Waals surface area contributed by atoms with Crippen molar-refractivity contribution in [1.82, 2.24) is 4.98 Å². The number of amides is 1. The van der Waals surface area contributed by atoms with Gasteiger partial charge in [-0.05, 0) is 30.4 Å². The number of hydrogen-bond acceptors (Lipinski definition) is 4. The van der Waals surface area contributed by atoms with Crippen molar-refractivity contribution in [3.05, 3.63) is 29.3 Å². The van der Waals surface area contributed by atoms with Crippen molar-refractivity contribution < 1.29 is 19.4 Å². The van der Waals surface area contributed by atoms with Crippen LogP contribution in [0.4, 0.5) is 5.69 Å². The molecule has 0 radical (unpaired) electrons. The molecule has 0 saturated heterocycles. The normalized spacial score (nSPS) is 14.3. The fourth-order valence-corrected chi connectivity index (χ4v) is 2.91. The number of ether oxygens (including phenoxy) is 1. The third-order valence-electron chi connectivity index (χ3n) is 4.25. The Morgan fingerprint density at radius 1 is 1.35 bits per heavy atom. The summed E-state index contributed by atoms with van der Waals surface area (Å²) in [4.78, 5) is 27.3. The molecule has 1 fully saturated rings. The molecular formula is C17H18N2O4. The summed E-state index contributed by atoms with van der Waals surface area (Å²) in [5.41, 5.74) is 2.28. The van der Waals surface area contributed by atoms with E-state index in [-0.39, 0.29) is 17.4 Å². The number of aromatic carboxylic acids is 1. The molecule has 6 heteroatoms. The van der Waals surface area contributed by atoms with E-state index in [2.05, 4.69) is 10.3 Å². The van der Waals surface area contributed by atoms with E-state index in [9.17, 15) is 14.7 Å². The number of carboxylic acid groups (broad SMARTS) is 1. The van der Waals surface area contributed by atoms with Crippen LogP contribution in [0.15, 0.2) is 18.2 Å². The fourth-order valence-electron chi connectivity index (χ4n) is 2.91. The number of nitrogens with zero attached hydrogens (tertiary/aromatic N) is 1. The standard InChI is InChI=1S/C17H18N2O4/c1-9(20)18-15-12(10-4-3-5-10)7-6-11-8-13(17(21)22)16(23-2)19-14(11)15/h6-8,10H,3-5H2,1-2H3,(H,18,20)(H,21,22). The van der Waals surface area contributed by atoms with Crippen molar-refractivity contribution in [2.75, 3.05) is 12.4 Å². The van der Waals surface area contributed by atoms with Crippen LogP contribution >= 0.6 is 0 Å². The first kappa shape index (κ1) is 15.3. The van der Waals surface area contributed by atoms with Gasteiger partial charge in [0.05, 0.1) is 18.3 Å². The molecule has 1 amide bonds. The topological polar surface area (TPSA) is 88.5 Å². The van der Waals surface area contributed by atoms with Crippen molar-refractivity contribution in [2.45, 2.75) is 32.1 Å². The van der Waals surface area contributed by atoms with E-state index in [0.29, 0.717) is 22.5 Å². The molecule has 0 aliphatic heterocycles. The number of anilines is 1. The van der Waals surface area contributed by atoms with Gasteiger partial charge < -0.3 is 15.2 Å². The number of carboxylic acids is 1. The third kappa shape index (κ3) is 2.72. The van der Waals surface area contributed by atoms with E-state index >= 15 is 0 Å². The summed E-state index contributed by atoms with van der Waals surface area (Å²) in [6.45, 7) is 1.45. The Hall–Kier alpha value is -2.63. The molecule has 0 atom stereocenters. The molecule has 120 valence electrons. The third-order valence-corrected chi connectivity index (χ3v) is 4.25. The van der Waals surface area contributed by atoms with E-state index in [1.807, 2.05) is 12.1 Å². The minimum Gasteiger partial charge on any atom is -0.480 e. The lowest BCUT2D eigenvalue weighted by molar-refractivity contribution is -0.114. The van der Waals surface area contributed by atoms with Crippen LogP contribution in [0, 0.1) is 0 Å². The number of carbonyl (C=O) groups excluding carboxylic acids is 1. The number of benzene rings is 1. The van der Waals surface area contributed by atoms with Gasteiger partial charge in [-0.3, -0.25) is 4.79 Å². The molecule has 3 rings (SSSR count). The Labute approximate surface area is 133 Å². The minimum absolute atomic E-state index is 0.00479. The SMILES string of the molecule is COc1nc2c(NC(C)=O)c(C3CCC3)ccc2cc1C(=O)O. The lowest BCUT2D eigenvalue weighted by Gasteiger charge is -2.28. The molecule has 1 aromatic carbocycles. The summed E-state index contributed by atoms with van der Waals surface area (Å²) in [6, 6.07) is 5.34. The van der Waals surface area contributed by atoms with Crippen molar-refractivity contribution in [1.29, 1.82) is 0 Å². The summed E-state index contributed by atoms with van der Waals surface area (Å²) < 4.78 is 5.11. The van der Waals surface area contributed by atoms with E-state index in [0.717, 1.165) is 18.4 Å². The van der Waals surface area contributed by atoms with E-state index in [1.165, 1.54) is 26.5 Å². The maximum atomic E-state index is 11.6. The summed E-state index contributed by atoms with van der Waals surface area (Å²) in [6.07, 6.45) is 3.35. The molecule has 0 bridgehead atoms. The zero-order chi connectivity index (χ0) is 16.6. The van der Waals surface area contributed by atoms with Crippen LogP contribution in [0.2, 0.25) is 0 Å². The van der Waals surface area contributed by atoms with Crippen LogP contribution in [0.1, 0.15) is 48.0 Å². The van der Waals surface area contributed by atoms with Crippen molar-refractivity contribution >= 4 is 28.5 Å². The van der Waals surface area contributed by atoms with Gasteiger partial charge in [-0.1, -0.05) is 18.6 Å². The van der Waals surface area contributed by atoms with Gasteiger partial charge in [0.1, 0.15) is 5.56 Å². The molecule has 0 unspecified atom stereocenters. The fraction of sp³-hybridized carbons (Fsp3) is 0.353. The Balaban J connectivity index is 2.25. The van der Waals surface area contributed by atoms with Crippen LogP contribution in [-0.4, -0.2) is 29.1 Å².